The fraction of sp³-hybridized carbons (Fsp3) is 0.519. The second-order valence-corrected chi connectivity index (χ2v) is 9.65. The van der Waals surface area contributed by atoms with E-state index in [2.05, 4.69) is 29.7 Å². The van der Waals surface area contributed by atoms with Gasteiger partial charge in [0.15, 0.2) is 0 Å². The van der Waals surface area contributed by atoms with Gasteiger partial charge in [-0.3, -0.25) is 4.99 Å². The Hall–Kier alpha value is -3.07. The lowest BCUT2D eigenvalue weighted by molar-refractivity contribution is 0.122. The second-order valence-electron chi connectivity index (χ2n) is 9.65. The molecule has 1 aromatic heterocycles. The predicted molar refractivity (Wildman–Crippen MR) is 128 cm³/mol. The van der Waals surface area contributed by atoms with Crippen LogP contribution in [0.5, 0.6) is 11.6 Å². The first-order chi connectivity index (χ1) is 16.1. The van der Waals surface area contributed by atoms with Crippen molar-refractivity contribution in [3.8, 4) is 17.7 Å². The highest BCUT2D eigenvalue weighted by Crippen LogP contribution is 2.44. The minimum absolute atomic E-state index is 0.139. The van der Waals surface area contributed by atoms with E-state index in [1.54, 1.807) is 6.07 Å². The molecule has 1 aromatic carbocycles. The zero-order chi connectivity index (χ0) is 22.8. The predicted octanol–water partition coefficient (Wildman–Crippen LogP) is 5.42. The van der Waals surface area contributed by atoms with Crippen molar-refractivity contribution in [3.63, 3.8) is 0 Å². The lowest BCUT2D eigenvalue weighted by atomic mass is 9.96. The first-order valence-corrected chi connectivity index (χ1v) is 12.3. The van der Waals surface area contributed by atoms with Crippen LogP contribution in [-0.2, 0) is 13.0 Å². The fourth-order valence-corrected chi connectivity index (χ4v) is 5.11. The molecule has 33 heavy (non-hydrogen) atoms. The van der Waals surface area contributed by atoms with Gasteiger partial charge < -0.3 is 9.47 Å². The molecule has 6 nitrogen and oxygen atoms in total. The highest BCUT2D eigenvalue weighted by Gasteiger charge is 2.34. The molecule has 0 spiro atoms. The number of ether oxygens (including phenoxy) is 2. The summed E-state index contributed by atoms with van der Waals surface area (Å²) in [4.78, 5) is 4.59. The van der Waals surface area contributed by atoms with Gasteiger partial charge in [-0.1, -0.05) is 26.3 Å². The Kier molecular flexibility index (Phi) is 6.22. The van der Waals surface area contributed by atoms with Crippen LogP contribution in [0.2, 0.25) is 0 Å². The molecule has 3 aliphatic rings. The summed E-state index contributed by atoms with van der Waals surface area (Å²) in [5, 5.41) is 13.8. The third-order valence-corrected chi connectivity index (χ3v) is 7.25. The molecule has 6 heteroatoms. The van der Waals surface area contributed by atoms with E-state index >= 15 is 0 Å². The SMILES string of the molecule is C=C(N=CC1COc2ccc(C#N)cc2C1)c1cc2n(n1)CCC(CCC[C@@H]1CC1CC)O2. The minimum atomic E-state index is 0.139. The van der Waals surface area contributed by atoms with E-state index in [1.165, 1.54) is 25.7 Å². The molecule has 0 amide bonds. The average Bonchev–Trinajstić information content (AvgIpc) is 3.47. The standard InChI is InChI=1S/C27H32N4O2/c1-3-21-13-22(21)5-4-6-24-9-10-31-27(33-24)14-25(30-31)18(2)29-16-20-12-23-11-19(15-28)7-8-26(23)32-17-20/h7-8,11,14,16,20-22,24H,2-6,9-10,12-13,17H2,1H3/t20?,21?,22-,24?/m1/s1. The Balaban J connectivity index is 1.14. The smallest absolute Gasteiger partial charge is 0.212 e. The van der Waals surface area contributed by atoms with Crippen LogP contribution in [0.3, 0.4) is 0 Å². The number of rotatable bonds is 8. The minimum Gasteiger partial charge on any atom is -0.493 e. The second kappa shape index (κ2) is 9.43. The topological polar surface area (TPSA) is 72.4 Å². The molecule has 172 valence electrons. The number of aryl methyl sites for hydroxylation is 1. The van der Waals surface area contributed by atoms with Gasteiger partial charge in [0.2, 0.25) is 5.88 Å². The molecule has 1 saturated carbocycles. The van der Waals surface area contributed by atoms with E-state index < -0.39 is 0 Å². The molecule has 0 bridgehead atoms. The van der Waals surface area contributed by atoms with Crippen LogP contribution in [-0.4, -0.2) is 28.7 Å². The summed E-state index contributed by atoms with van der Waals surface area (Å²) < 4.78 is 14.0. The largest absolute Gasteiger partial charge is 0.493 e. The number of benzene rings is 1. The van der Waals surface area contributed by atoms with Crippen LogP contribution in [0, 0.1) is 29.1 Å². The molecule has 1 aliphatic carbocycles. The zero-order valence-electron chi connectivity index (χ0n) is 19.4. The Morgan fingerprint density at radius 1 is 1.33 bits per heavy atom. The van der Waals surface area contributed by atoms with Gasteiger partial charge in [-0.2, -0.15) is 10.4 Å². The summed E-state index contributed by atoms with van der Waals surface area (Å²) >= 11 is 0. The van der Waals surface area contributed by atoms with Gasteiger partial charge in [0.1, 0.15) is 17.5 Å². The Morgan fingerprint density at radius 2 is 2.24 bits per heavy atom. The molecular formula is C27H32N4O2. The Labute approximate surface area is 195 Å². The van der Waals surface area contributed by atoms with Crippen LogP contribution in [0.1, 0.15) is 62.3 Å². The number of aromatic nitrogens is 2. The van der Waals surface area contributed by atoms with Crippen LogP contribution >= 0.6 is 0 Å². The van der Waals surface area contributed by atoms with Gasteiger partial charge in [-0.25, -0.2) is 4.68 Å². The number of hydrogen-bond donors (Lipinski definition) is 0. The van der Waals surface area contributed by atoms with Crippen molar-refractivity contribution in [2.24, 2.45) is 22.7 Å². The fourth-order valence-electron chi connectivity index (χ4n) is 5.11. The van der Waals surface area contributed by atoms with Crippen molar-refractivity contribution in [1.82, 2.24) is 9.78 Å². The molecule has 3 unspecified atom stereocenters. The van der Waals surface area contributed by atoms with E-state index in [1.807, 2.05) is 29.1 Å². The molecule has 0 saturated heterocycles. The van der Waals surface area contributed by atoms with Gasteiger partial charge in [0, 0.05) is 31.2 Å². The van der Waals surface area contributed by atoms with Crippen LogP contribution in [0.25, 0.3) is 5.70 Å². The third-order valence-electron chi connectivity index (χ3n) is 7.25. The summed E-state index contributed by atoms with van der Waals surface area (Å²) in [7, 11) is 0. The molecule has 3 heterocycles. The quantitative estimate of drug-likeness (QED) is 0.510. The number of aliphatic imine (C=N–C) groups is 1. The van der Waals surface area contributed by atoms with Crippen LogP contribution < -0.4 is 9.47 Å². The summed E-state index contributed by atoms with van der Waals surface area (Å²) in [5.41, 5.74) is 3.09. The van der Waals surface area contributed by atoms with Gasteiger partial charge >= 0.3 is 0 Å². The van der Waals surface area contributed by atoms with E-state index in [-0.39, 0.29) is 12.0 Å². The molecule has 5 rings (SSSR count). The summed E-state index contributed by atoms with van der Waals surface area (Å²) in [6, 6.07) is 9.71. The van der Waals surface area contributed by atoms with Crippen molar-refractivity contribution in [2.75, 3.05) is 6.61 Å². The maximum absolute atomic E-state index is 9.13. The van der Waals surface area contributed by atoms with Crippen molar-refractivity contribution in [1.29, 1.82) is 5.26 Å². The van der Waals surface area contributed by atoms with Crippen molar-refractivity contribution >= 4 is 11.9 Å². The maximum atomic E-state index is 9.13. The molecule has 2 aromatic rings. The molecule has 4 atom stereocenters. The molecule has 0 radical (unpaired) electrons. The number of hydrogen-bond acceptors (Lipinski definition) is 5. The summed E-state index contributed by atoms with van der Waals surface area (Å²) in [6.45, 7) is 7.88. The van der Waals surface area contributed by atoms with Crippen molar-refractivity contribution in [2.45, 2.75) is 64.5 Å². The van der Waals surface area contributed by atoms with Crippen LogP contribution in [0.4, 0.5) is 0 Å². The van der Waals surface area contributed by atoms with E-state index in [0.717, 1.165) is 60.5 Å². The monoisotopic (exact) mass is 444 g/mol. The highest BCUT2D eigenvalue weighted by atomic mass is 16.5. The Bertz CT molecular complexity index is 1100. The van der Waals surface area contributed by atoms with Gasteiger partial charge in [-0.05, 0) is 61.3 Å². The Morgan fingerprint density at radius 3 is 3.06 bits per heavy atom. The van der Waals surface area contributed by atoms with Crippen molar-refractivity contribution in [3.05, 3.63) is 47.7 Å². The highest BCUT2D eigenvalue weighted by molar-refractivity contribution is 5.73. The molecule has 2 aliphatic heterocycles. The normalized spacial score (nSPS) is 25.5. The van der Waals surface area contributed by atoms with Gasteiger partial charge in [0.05, 0.1) is 23.9 Å². The maximum Gasteiger partial charge on any atom is 0.212 e. The molecule has 1 fully saturated rings. The third kappa shape index (κ3) is 4.98. The van der Waals surface area contributed by atoms with Gasteiger partial charge in [0.25, 0.3) is 0 Å². The van der Waals surface area contributed by atoms with Crippen LogP contribution in [0.15, 0.2) is 35.8 Å². The number of fused-ring (bicyclic) bond motifs is 2. The van der Waals surface area contributed by atoms with Gasteiger partial charge in [-0.15, -0.1) is 0 Å². The summed E-state index contributed by atoms with van der Waals surface area (Å²) in [6.07, 6.45) is 10.5. The number of nitriles is 1. The van der Waals surface area contributed by atoms with E-state index in [4.69, 9.17) is 14.7 Å². The molecular weight excluding hydrogens is 412 g/mol. The first-order valence-electron chi connectivity index (χ1n) is 12.3. The lowest BCUT2D eigenvalue weighted by Crippen LogP contribution is -2.26. The molecule has 0 N–H and O–H groups in total. The average molecular weight is 445 g/mol. The lowest BCUT2D eigenvalue weighted by Gasteiger charge is -2.24. The summed E-state index contributed by atoms with van der Waals surface area (Å²) in [5.74, 6) is 3.77. The zero-order valence-corrected chi connectivity index (χ0v) is 19.4. The number of nitrogens with zero attached hydrogens (tertiary/aromatic N) is 4. The van der Waals surface area contributed by atoms with E-state index in [0.29, 0.717) is 17.9 Å². The van der Waals surface area contributed by atoms with E-state index in [9.17, 15) is 0 Å². The van der Waals surface area contributed by atoms with Crippen molar-refractivity contribution < 1.29 is 9.47 Å². The first kappa shape index (κ1) is 21.8.